The summed E-state index contributed by atoms with van der Waals surface area (Å²) in [6.07, 6.45) is 7.54. The van der Waals surface area contributed by atoms with Gasteiger partial charge in [0.25, 0.3) is 0 Å². The molecule has 0 spiro atoms. The highest BCUT2D eigenvalue weighted by Crippen LogP contribution is 2.58. The molecule has 2 heteroatoms. The van der Waals surface area contributed by atoms with Gasteiger partial charge >= 0.3 is 0 Å². The van der Waals surface area contributed by atoms with Gasteiger partial charge in [-0.3, -0.25) is 4.79 Å². The van der Waals surface area contributed by atoms with Crippen LogP contribution in [0.2, 0.25) is 5.31 Å². The van der Waals surface area contributed by atoms with Crippen LogP contribution in [-0.2, 0) is 6.42 Å². The minimum Gasteiger partial charge on any atom is -0.289 e. The average molecular weight is 210 g/mol. The van der Waals surface area contributed by atoms with E-state index >= 15 is 0 Å². The lowest BCUT2D eigenvalue weighted by Crippen LogP contribution is -2.10. The summed E-state index contributed by atoms with van der Waals surface area (Å²) in [5.41, 5.74) is 2.11. The van der Waals surface area contributed by atoms with Crippen molar-refractivity contribution in [2.24, 2.45) is 5.92 Å². The fraction of sp³-hybridized carbons (Fsp3) is 0.357. The highest BCUT2D eigenvalue weighted by Gasteiger charge is 2.43. The van der Waals surface area contributed by atoms with Crippen LogP contribution in [0.3, 0.4) is 0 Å². The summed E-state index contributed by atoms with van der Waals surface area (Å²) in [5.74, 6) is 0.711. The first kappa shape index (κ1) is 9.89. The number of hydrogen-bond donors (Lipinski definition) is 0. The predicted octanol–water partition coefficient (Wildman–Crippen LogP) is 2.18. The Labute approximate surface area is 97.0 Å². The number of carbonyl (C=O) groups is 1. The van der Waals surface area contributed by atoms with Gasteiger partial charge in [-0.25, -0.2) is 0 Å². The lowest BCUT2D eigenvalue weighted by atomic mass is 9.70. The molecule has 2 aliphatic rings. The Morgan fingerprint density at radius 1 is 1.25 bits per heavy atom. The fourth-order valence-corrected chi connectivity index (χ4v) is 2.58. The van der Waals surface area contributed by atoms with E-state index < -0.39 is 0 Å². The molecule has 2 aliphatic carbocycles. The highest BCUT2D eigenvalue weighted by atomic mass is 16.1. The Kier molecular flexibility index (Phi) is 2.07. The Bertz CT molecular complexity index is 471. The first-order valence-electron chi connectivity index (χ1n) is 5.99. The number of hydrogen-bond acceptors (Lipinski definition) is 1. The van der Waals surface area contributed by atoms with Gasteiger partial charge in [-0.05, 0) is 24.0 Å². The van der Waals surface area contributed by atoms with Gasteiger partial charge in [0, 0.05) is 5.56 Å². The van der Waals surface area contributed by atoms with Gasteiger partial charge in [-0.1, -0.05) is 48.5 Å². The van der Waals surface area contributed by atoms with E-state index in [9.17, 15) is 4.79 Å². The maximum Gasteiger partial charge on any atom is 0.185 e. The predicted molar refractivity (Wildman–Crippen MR) is 67.6 cm³/mol. The normalized spacial score (nSPS) is 26.0. The molecule has 80 valence electrons. The van der Waals surface area contributed by atoms with Crippen LogP contribution in [0.15, 0.2) is 36.4 Å². The van der Waals surface area contributed by atoms with E-state index in [-0.39, 0.29) is 5.78 Å². The zero-order valence-corrected chi connectivity index (χ0v) is 9.57. The van der Waals surface area contributed by atoms with Gasteiger partial charge in [0.15, 0.2) is 5.78 Å². The highest BCUT2D eigenvalue weighted by molar-refractivity contribution is 6.18. The molecule has 0 radical (unpaired) electrons. The second-order valence-corrected chi connectivity index (χ2v) is 5.35. The van der Waals surface area contributed by atoms with Crippen molar-refractivity contribution in [3.8, 4) is 0 Å². The Morgan fingerprint density at radius 2 is 2.00 bits per heavy atom. The minimum absolute atomic E-state index is 0.169. The first-order chi connectivity index (χ1) is 7.69. The van der Waals surface area contributed by atoms with Crippen LogP contribution in [-0.4, -0.2) is 13.6 Å². The van der Waals surface area contributed by atoms with Crippen molar-refractivity contribution in [2.45, 2.75) is 24.6 Å². The van der Waals surface area contributed by atoms with Gasteiger partial charge in [-0.15, -0.1) is 0 Å². The van der Waals surface area contributed by atoms with Crippen molar-refractivity contribution in [3.63, 3.8) is 0 Å². The molecule has 1 aromatic carbocycles. The fourth-order valence-electron chi connectivity index (χ4n) is 2.58. The van der Waals surface area contributed by atoms with Crippen molar-refractivity contribution < 1.29 is 4.79 Å². The molecule has 1 nitrogen and oxygen atoms in total. The van der Waals surface area contributed by atoms with Gasteiger partial charge in [0.1, 0.15) is 7.85 Å². The Balaban J connectivity index is 2.01. The minimum atomic E-state index is 0.169. The summed E-state index contributed by atoms with van der Waals surface area (Å²) in [4.78, 5) is 11.9. The molecule has 0 saturated heterocycles. The number of rotatable bonds is 1. The molecular formula is C14H15BO. The molecule has 1 atom stereocenters. The number of benzene rings is 1. The second kappa shape index (κ2) is 3.34. The van der Waals surface area contributed by atoms with Crippen molar-refractivity contribution in [1.29, 1.82) is 0 Å². The topological polar surface area (TPSA) is 17.1 Å². The van der Waals surface area contributed by atoms with Crippen LogP contribution in [0.4, 0.5) is 0 Å². The maximum absolute atomic E-state index is 11.9. The van der Waals surface area contributed by atoms with Crippen LogP contribution in [0.1, 0.15) is 28.8 Å². The molecule has 1 saturated carbocycles. The third-order valence-corrected chi connectivity index (χ3v) is 4.14. The van der Waals surface area contributed by atoms with Crippen LogP contribution < -0.4 is 0 Å². The van der Waals surface area contributed by atoms with Crippen molar-refractivity contribution in [1.82, 2.24) is 0 Å². The molecule has 3 rings (SSSR count). The van der Waals surface area contributed by atoms with Crippen molar-refractivity contribution >= 4 is 13.6 Å². The molecule has 0 aromatic heterocycles. The zero-order chi connectivity index (χ0) is 11.2. The Hall–Kier alpha value is -1.31. The van der Waals surface area contributed by atoms with Crippen molar-refractivity contribution in [2.75, 3.05) is 0 Å². The quantitative estimate of drug-likeness (QED) is 0.649. The van der Waals surface area contributed by atoms with Gasteiger partial charge < -0.3 is 0 Å². The van der Waals surface area contributed by atoms with Crippen LogP contribution in [0, 0.1) is 5.92 Å². The lowest BCUT2D eigenvalue weighted by Gasteiger charge is -2.19. The van der Waals surface area contributed by atoms with Crippen LogP contribution >= 0.6 is 0 Å². The number of carbonyl (C=O) groups excluding carboxylic acids is 1. The van der Waals surface area contributed by atoms with Crippen LogP contribution in [0.25, 0.3) is 0 Å². The maximum atomic E-state index is 11.9. The molecule has 1 aromatic rings. The largest absolute Gasteiger partial charge is 0.289 e. The molecule has 1 unspecified atom stereocenters. The molecule has 0 bridgehead atoms. The molecule has 0 aliphatic heterocycles. The summed E-state index contributed by atoms with van der Waals surface area (Å²) < 4.78 is 0. The molecule has 1 fully saturated rings. The summed E-state index contributed by atoms with van der Waals surface area (Å²) in [6, 6.07) is 8.02. The monoisotopic (exact) mass is 210 g/mol. The number of ketones is 1. The lowest BCUT2D eigenvalue weighted by molar-refractivity contribution is 0.104. The standard InChI is InChI=1S/C14H15BO/c15-14(7-8-14)11-5-6-13(16)12-4-2-1-3-10(12)9-11/h1-6,11H,7-9,15H2. The van der Waals surface area contributed by atoms with E-state index in [0.29, 0.717) is 11.2 Å². The third kappa shape index (κ3) is 1.53. The summed E-state index contributed by atoms with van der Waals surface area (Å²) >= 11 is 0. The van der Waals surface area contributed by atoms with E-state index in [1.165, 1.54) is 18.4 Å². The van der Waals surface area contributed by atoms with Crippen LogP contribution in [0.5, 0.6) is 0 Å². The molecule has 0 heterocycles. The van der Waals surface area contributed by atoms with E-state index in [4.69, 9.17) is 0 Å². The second-order valence-electron chi connectivity index (χ2n) is 5.35. The van der Waals surface area contributed by atoms with E-state index in [2.05, 4.69) is 20.0 Å². The first-order valence-corrected chi connectivity index (χ1v) is 5.99. The van der Waals surface area contributed by atoms with Gasteiger partial charge in [0.05, 0.1) is 0 Å². The SMILES string of the molecule is BC1(C2C=CC(=O)c3ccccc3C2)CC1. The summed E-state index contributed by atoms with van der Waals surface area (Å²) in [7, 11) is 2.33. The molecular weight excluding hydrogens is 195 g/mol. The molecule has 0 N–H and O–H groups in total. The number of fused-ring (bicyclic) bond motifs is 1. The van der Waals surface area contributed by atoms with Gasteiger partial charge in [-0.2, -0.15) is 0 Å². The third-order valence-electron chi connectivity index (χ3n) is 4.14. The average Bonchev–Trinajstić information content (AvgIpc) is 3.05. The van der Waals surface area contributed by atoms with E-state index in [1.54, 1.807) is 6.08 Å². The number of allylic oxidation sites excluding steroid dienone is 2. The van der Waals surface area contributed by atoms with Crippen molar-refractivity contribution in [3.05, 3.63) is 47.5 Å². The summed E-state index contributed by atoms with van der Waals surface area (Å²) in [5, 5.41) is 0.453. The smallest absolute Gasteiger partial charge is 0.185 e. The Morgan fingerprint density at radius 3 is 2.75 bits per heavy atom. The zero-order valence-electron chi connectivity index (χ0n) is 9.57. The molecule has 0 amide bonds. The summed E-state index contributed by atoms with van der Waals surface area (Å²) in [6.45, 7) is 0. The molecule has 16 heavy (non-hydrogen) atoms. The van der Waals surface area contributed by atoms with E-state index in [1.807, 2.05) is 18.2 Å². The van der Waals surface area contributed by atoms with Gasteiger partial charge in [0.2, 0.25) is 0 Å². The van der Waals surface area contributed by atoms with E-state index in [0.717, 1.165) is 12.0 Å².